The molecule has 0 aliphatic heterocycles. The van der Waals surface area contributed by atoms with E-state index in [1.54, 1.807) is 0 Å². The van der Waals surface area contributed by atoms with Gasteiger partial charge < -0.3 is 14.2 Å². The van der Waals surface area contributed by atoms with Gasteiger partial charge in [0.1, 0.15) is 13.2 Å². The van der Waals surface area contributed by atoms with Crippen LogP contribution in [0.5, 0.6) is 0 Å². The zero-order valence-electron chi connectivity index (χ0n) is 52.5. The molecule has 81 heavy (non-hydrogen) atoms. The van der Waals surface area contributed by atoms with Gasteiger partial charge in [-0.25, -0.2) is 0 Å². The summed E-state index contributed by atoms with van der Waals surface area (Å²) in [6.45, 7) is 6.34. The number of rotatable bonds is 59. The van der Waals surface area contributed by atoms with Crippen LogP contribution in [-0.4, -0.2) is 37.2 Å². The summed E-state index contributed by atoms with van der Waals surface area (Å²) in [5.74, 6) is -0.979. The number of hydrogen-bond acceptors (Lipinski definition) is 6. The van der Waals surface area contributed by atoms with E-state index in [1.807, 2.05) is 0 Å². The minimum absolute atomic E-state index is 0.108. The van der Waals surface area contributed by atoms with Crippen LogP contribution in [0.2, 0.25) is 0 Å². The molecular weight excluding hydrogens is 997 g/mol. The van der Waals surface area contributed by atoms with Crippen LogP contribution in [0.1, 0.15) is 290 Å². The maximum Gasteiger partial charge on any atom is 0.306 e. The van der Waals surface area contributed by atoms with Gasteiger partial charge in [0.15, 0.2) is 6.10 Å². The Morgan fingerprint density at radius 2 is 0.494 bits per heavy atom. The van der Waals surface area contributed by atoms with E-state index < -0.39 is 6.10 Å². The highest BCUT2D eigenvalue weighted by Crippen LogP contribution is 2.16. The molecule has 6 heteroatoms. The third-order valence-corrected chi connectivity index (χ3v) is 13.8. The maximum absolute atomic E-state index is 12.9. The Morgan fingerprint density at radius 3 is 0.790 bits per heavy atom. The van der Waals surface area contributed by atoms with Crippen molar-refractivity contribution in [2.24, 2.45) is 0 Å². The molecule has 0 saturated heterocycles. The molecule has 0 spiro atoms. The van der Waals surface area contributed by atoms with Gasteiger partial charge in [-0.15, -0.1) is 0 Å². The van der Waals surface area contributed by atoms with Crippen molar-refractivity contribution in [2.75, 3.05) is 13.2 Å². The lowest BCUT2D eigenvalue weighted by Gasteiger charge is -2.18. The van der Waals surface area contributed by atoms with Crippen molar-refractivity contribution in [3.63, 3.8) is 0 Å². The number of allylic oxidation sites excluding steroid dienone is 24. The van der Waals surface area contributed by atoms with Crippen LogP contribution < -0.4 is 0 Å². The van der Waals surface area contributed by atoms with Crippen molar-refractivity contribution in [1.82, 2.24) is 0 Å². The summed E-state index contributed by atoms with van der Waals surface area (Å²) in [7, 11) is 0. The van der Waals surface area contributed by atoms with Crippen molar-refractivity contribution in [3.8, 4) is 0 Å². The quantitative estimate of drug-likeness (QED) is 0.0261. The van der Waals surface area contributed by atoms with Crippen LogP contribution in [0.15, 0.2) is 146 Å². The fourth-order valence-corrected chi connectivity index (χ4v) is 8.89. The summed E-state index contributed by atoms with van der Waals surface area (Å²) in [5, 5.41) is 0. The zero-order valence-corrected chi connectivity index (χ0v) is 52.5. The monoisotopic (exact) mass is 1120 g/mol. The van der Waals surface area contributed by atoms with E-state index in [2.05, 4.69) is 167 Å². The number of hydrogen-bond donors (Lipinski definition) is 0. The molecule has 0 heterocycles. The third kappa shape index (κ3) is 66.0. The molecule has 0 fully saturated rings. The van der Waals surface area contributed by atoms with Crippen LogP contribution in [0.4, 0.5) is 0 Å². The van der Waals surface area contributed by atoms with Crippen LogP contribution in [-0.2, 0) is 28.6 Å². The molecule has 0 aliphatic carbocycles. The first-order chi connectivity index (χ1) is 40.0. The average molecular weight is 1120 g/mol. The van der Waals surface area contributed by atoms with Gasteiger partial charge in [0.25, 0.3) is 0 Å². The standard InChI is InChI=1S/C75H122O6/c1-4-7-10-13-16-19-22-25-28-30-31-32-33-34-35-36-37-38-39-40-41-42-43-45-47-50-53-56-59-62-65-68-74(77)80-71-72(70-79-73(76)67-64-61-58-55-52-49-46-27-24-21-18-15-12-9-6-3)81-75(78)69-66-63-60-57-54-51-48-44-29-26-23-20-17-14-11-8-5-2/h7-8,10-11,16-21,25-29,31-32,34-35,46,48,51,57,60,72H,4-6,9,12-15,22-24,30,33,36-45,47,49-50,52-56,58-59,61-71H2,1-3H3/b10-7-,11-8-,19-16-,20-17-,21-18-,28-25-,29-26-,32-31-,35-34-,46-27-,51-48-,60-57-. The molecular formula is C75H122O6. The maximum atomic E-state index is 12.9. The topological polar surface area (TPSA) is 78.9 Å². The lowest BCUT2D eigenvalue weighted by atomic mass is 10.0. The second-order valence-corrected chi connectivity index (χ2v) is 21.6. The number of ether oxygens (including phenoxy) is 3. The Labute approximate surface area is 499 Å². The summed E-state index contributed by atoms with van der Waals surface area (Å²) >= 11 is 0. The van der Waals surface area contributed by atoms with Crippen molar-refractivity contribution in [3.05, 3.63) is 146 Å². The molecule has 0 aliphatic rings. The normalized spacial score (nSPS) is 13.1. The van der Waals surface area contributed by atoms with Gasteiger partial charge in [-0.3, -0.25) is 14.4 Å². The highest BCUT2D eigenvalue weighted by molar-refractivity contribution is 5.71. The van der Waals surface area contributed by atoms with Crippen LogP contribution in [0.3, 0.4) is 0 Å². The Bertz CT molecular complexity index is 1760. The molecule has 6 nitrogen and oxygen atoms in total. The van der Waals surface area contributed by atoms with Gasteiger partial charge in [0.05, 0.1) is 0 Å². The third-order valence-electron chi connectivity index (χ3n) is 13.8. The molecule has 0 aromatic heterocycles. The Kier molecular flexibility index (Phi) is 63.9. The molecule has 458 valence electrons. The molecule has 0 rings (SSSR count). The fourth-order valence-electron chi connectivity index (χ4n) is 8.89. The summed E-state index contributed by atoms with van der Waals surface area (Å²) in [5.41, 5.74) is 0. The molecule has 1 atom stereocenters. The summed E-state index contributed by atoms with van der Waals surface area (Å²) in [6, 6.07) is 0. The number of carbonyl (C=O) groups is 3. The summed E-state index contributed by atoms with van der Waals surface area (Å²) in [6.07, 6.45) is 97.3. The van der Waals surface area contributed by atoms with E-state index in [9.17, 15) is 14.4 Å². The predicted octanol–water partition coefficient (Wildman–Crippen LogP) is 23.1. The van der Waals surface area contributed by atoms with Gasteiger partial charge >= 0.3 is 17.9 Å². The van der Waals surface area contributed by atoms with E-state index >= 15 is 0 Å². The van der Waals surface area contributed by atoms with Gasteiger partial charge in [-0.1, -0.05) is 282 Å². The predicted molar refractivity (Wildman–Crippen MR) is 352 cm³/mol. The SMILES string of the molecule is CC/C=C\C/C=C\C/C=C\C/C=C\C/C=C\CCCCCCCCCCCCCCCCCC(=O)OCC(COC(=O)CCCCCCC/C=C\C/C=C\CCCCC)OC(=O)CCC/C=C\C/C=C\C/C=C\C/C=C\C/C=C\CC. The number of unbranched alkanes of at least 4 members (excludes halogenated alkanes) is 24. The second-order valence-electron chi connectivity index (χ2n) is 21.6. The molecule has 0 N–H and O–H groups in total. The number of esters is 3. The number of carbonyl (C=O) groups excluding carboxylic acids is 3. The molecule has 0 saturated carbocycles. The van der Waals surface area contributed by atoms with E-state index in [-0.39, 0.29) is 37.5 Å². The first kappa shape index (κ1) is 76.3. The van der Waals surface area contributed by atoms with E-state index in [0.717, 1.165) is 135 Å². The van der Waals surface area contributed by atoms with Crippen molar-refractivity contribution in [1.29, 1.82) is 0 Å². The summed E-state index contributed by atoms with van der Waals surface area (Å²) in [4.78, 5) is 38.3. The highest BCUT2D eigenvalue weighted by atomic mass is 16.6. The van der Waals surface area contributed by atoms with E-state index in [4.69, 9.17) is 14.2 Å². The molecule has 1 unspecified atom stereocenters. The van der Waals surface area contributed by atoms with Crippen molar-refractivity contribution < 1.29 is 28.6 Å². The van der Waals surface area contributed by atoms with Crippen LogP contribution in [0, 0.1) is 0 Å². The lowest BCUT2D eigenvalue weighted by Crippen LogP contribution is -2.30. The Hall–Kier alpha value is -4.71. The molecule has 0 aromatic carbocycles. The molecule has 0 aromatic rings. The largest absolute Gasteiger partial charge is 0.462 e. The molecule has 0 radical (unpaired) electrons. The Balaban J connectivity index is 4.33. The second kappa shape index (κ2) is 67.8. The van der Waals surface area contributed by atoms with Gasteiger partial charge in [-0.2, -0.15) is 0 Å². The van der Waals surface area contributed by atoms with Gasteiger partial charge in [-0.05, 0) is 135 Å². The van der Waals surface area contributed by atoms with Gasteiger partial charge in [0, 0.05) is 19.3 Å². The Morgan fingerprint density at radius 1 is 0.259 bits per heavy atom. The summed E-state index contributed by atoms with van der Waals surface area (Å²) < 4.78 is 16.9. The lowest BCUT2D eigenvalue weighted by molar-refractivity contribution is -0.167. The van der Waals surface area contributed by atoms with E-state index in [0.29, 0.717) is 19.3 Å². The van der Waals surface area contributed by atoms with E-state index in [1.165, 1.54) is 109 Å². The minimum Gasteiger partial charge on any atom is -0.462 e. The van der Waals surface area contributed by atoms with Crippen LogP contribution >= 0.6 is 0 Å². The highest BCUT2D eigenvalue weighted by Gasteiger charge is 2.19. The minimum atomic E-state index is -0.820. The first-order valence-corrected chi connectivity index (χ1v) is 33.3. The first-order valence-electron chi connectivity index (χ1n) is 33.3. The zero-order chi connectivity index (χ0) is 58.5. The molecule has 0 amide bonds. The van der Waals surface area contributed by atoms with Crippen molar-refractivity contribution >= 4 is 17.9 Å². The smallest absolute Gasteiger partial charge is 0.306 e. The van der Waals surface area contributed by atoms with Crippen LogP contribution in [0.25, 0.3) is 0 Å². The van der Waals surface area contributed by atoms with Gasteiger partial charge in [0.2, 0.25) is 0 Å². The van der Waals surface area contributed by atoms with Crippen molar-refractivity contribution in [2.45, 2.75) is 297 Å². The fraction of sp³-hybridized carbons (Fsp3) is 0.640. The molecule has 0 bridgehead atoms. The average Bonchev–Trinajstić information content (AvgIpc) is 3.47.